The van der Waals surface area contributed by atoms with Crippen LogP contribution in [0.15, 0.2) is 46.5 Å². The number of aromatic amines is 1. The fourth-order valence-electron chi connectivity index (χ4n) is 2.06. The second-order valence-corrected chi connectivity index (χ2v) is 8.55. The molecule has 0 unspecified atom stereocenters. The van der Waals surface area contributed by atoms with E-state index >= 15 is 0 Å². The van der Waals surface area contributed by atoms with Gasteiger partial charge >= 0.3 is 0 Å². The van der Waals surface area contributed by atoms with Crippen LogP contribution < -0.4 is 10.6 Å². The third-order valence-electron chi connectivity index (χ3n) is 3.39. The first-order valence-corrected chi connectivity index (χ1v) is 10.3. The molecule has 0 fully saturated rings. The van der Waals surface area contributed by atoms with Crippen molar-refractivity contribution in [2.24, 2.45) is 0 Å². The van der Waals surface area contributed by atoms with Crippen molar-refractivity contribution in [1.82, 2.24) is 20.2 Å². The number of H-pyrrole nitrogens is 1. The van der Waals surface area contributed by atoms with Crippen molar-refractivity contribution in [2.45, 2.75) is 43.3 Å². The quantitative estimate of drug-likeness (QED) is 0.273. The lowest BCUT2D eigenvalue weighted by atomic mass is 10.2. The Bertz CT molecular complexity index is 957. The minimum Gasteiger partial charge on any atom is -0.462 e. The van der Waals surface area contributed by atoms with Crippen molar-refractivity contribution in [3.8, 4) is 0 Å². The number of nitrogens with one attached hydrogen (secondary N) is 3. The van der Waals surface area contributed by atoms with E-state index in [1.54, 1.807) is 6.07 Å². The molecule has 0 radical (unpaired) electrons. The fraction of sp³-hybridized carbons (Fsp3) is 0.300. The summed E-state index contributed by atoms with van der Waals surface area (Å²) in [4.78, 5) is 19.3. The van der Waals surface area contributed by atoms with E-state index in [9.17, 15) is 4.79 Å². The van der Waals surface area contributed by atoms with Gasteiger partial charge < -0.3 is 15.4 Å². The minimum absolute atomic E-state index is 0.318. The Hall–Kier alpha value is -2.78. The zero-order valence-electron chi connectivity index (χ0n) is 17.5. The molecule has 3 aromatic rings. The van der Waals surface area contributed by atoms with Gasteiger partial charge in [-0.05, 0) is 63.7 Å². The number of carbonyl (C=O) groups is 1. The van der Waals surface area contributed by atoms with E-state index < -0.39 is 0 Å². The van der Waals surface area contributed by atoms with Gasteiger partial charge in [0.05, 0.1) is 0 Å². The predicted octanol–water partition coefficient (Wildman–Crippen LogP) is 5.06. The number of aromatic nitrogens is 4. The lowest BCUT2D eigenvalue weighted by Gasteiger charge is -2.14. The largest absolute Gasteiger partial charge is 0.462 e. The molecule has 0 saturated heterocycles. The zero-order chi connectivity index (χ0) is 22.1. The maximum Gasteiger partial charge on any atom is 0.293 e. The predicted molar refractivity (Wildman–Crippen MR) is 121 cm³/mol. The van der Waals surface area contributed by atoms with E-state index in [1.807, 2.05) is 65.1 Å². The number of ether oxygens (including phenoxy) is 1. The molecule has 2 heterocycles. The van der Waals surface area contributed by atoms with E-state index in [1.165, 1.54) is 11.8 Å². The first-order valence-electron chi connectivity index (χ1n) is 9.09. The number of hydrogen-bond acceptors (Lipinski definition) is 8. The standard InChI is InChI=1S/C15H15ClN6S.C5H10O2/c1-9-7-14(22-21-9)19-13-8-12(16)18-15(20-13)23-11-5-3-10(17-2)4-6-11;1-5(2,3)7-4-6/h3-8,17H,1-2H3,(H2,18,19,20,21,22);4H,1-3H3. The Labute approximate surface area is 185 Å². The Morgan fingerprint density at radius 2 is 1.83 bits per heavy atom. The maximum absolute atomic E-state index is 9.60. The third kappa shape index (κ3) is 8.30. The highest BCUT2D eigenvalue weighted by atomic mass is 35.5. The van der Waals surface area contributed by atoms with Crippen molar-refractivity contribution < 1.29 is 9.53 Å². The number of rotatable bonds is 6. The number of nitrogens with zero attached hydrogens (tertiary/aromatic N) is 3. The van der Waals surface area contributed by atoms with Crippen LogP contribution in [-0.2, 0) is 9.53 Å². The van der Waals surface area contributed by atoms with E-state index in [0.717, 1.165) is 16.3 Å². The normalized spacial score (nSPS) is 10.6. The van der Waals surface area contributed by atoms with Crippen LogP contribution in [0.2, 0.25) is 5.15 Å². The van der Waals surface area contributed by atoms with Gasteiger partial charge in [0.25, 0.3) is 6.47 Å². The molecule has 0 amide bonds. The first-order chi connectivity index (χ1) is 14.2. The Kier molecular flexibility index (Phi) is 8.49. The number of benzene rings is 1. The molecule has 0 atom stereocenters. The number of halogens is 1. The molecule has 160 valence electrons. The summed E-state index contributed by atoms with van der Waals surface area (Å²) in [7, 11) is 1.89. The van der Waals surface area contributed by atoms with Crippen LogP contribution >= 0.6 is 23.4 Å². The molecule has 0 aliphatic rings. The van der Waals surface area contributed by atoms with Gasteiger partial charge in [-0.15, -0.1) is 0 Å². The molecule has 3 rings (SSSR count). The van der Waals surface area contributed by atoms with E-state index in [4.69, 9.17) is 11.6 Å². The molecule has 8 nitrogen and oxygen atoms in total. The van der Waals surface area contributed by atoms with E-state index in [-0.39, 0.29) is 5.60 Å². The van der Waals surface area contributed by atoms with Gasteiger partial charge in [-0.1, -0.05) is 11.6 Å². The molecule has 1 aromatic carbocycles. The molecule has 30 heavy (non-hydrogen) atoms. The van der Waals surface area contributed by atoms with Crippen LogP contribution in [-0.4, -0.2) is 39.3 Å². The maximum atomic E-state index is 9.60. The lowest BCUT2D eigenvalue weighted by molar-refractivity contribution is -0.138. The summed E-state index contributed by atoms with van der Waals surface area (Å²) in [6.45, 7) is 7.85. The van der Waals surface area contributed by atoms with Gasteiger partial charge in [0.1, 0.15) is 16.6 Å². The first kappa shape index (κ1) is 23.5. The van der Waals surface area contributed by atoms with E-state index in [2.05, 4.69) is 35.5 Å². The Morgan fingerprint density at radius 1 is 1.13 bits per heavy atom. The zero-order valence-corrected chi connectivity index (χ0v) is 19.1. The van der Waals surface area contributed by atoms with Gasteiger partial charge in [-0.3, -0.25) is 9.89 Å². The highest BCUT2D eigenvalue weighted by Gasteiger charge is 2.08. The molecular weight excluding hydrogens is 424 g/mol. The summed E-state index contributed by atoms with van der Waals surface area (Å²) in [5.74, 6) is 1.29. The van der Waals surface area contributed by atoms with Gasteiger partial charge in [0, 0.05) is 35.5 Å². The Balaban J connectivity index is 0.000000396. The van der Waals surface area contributed by atoms with Crippen LogP contribution in [0.4, 0.5) is 17.3 Å². The third-order valence-corrected chi connectivity index (χ3v) is 4.46. The number of hydrogen-bond donors (Lipinski definition) is 3. The minimum atomic E-state index is -0.318. The summed E-state index contributed by atoms with van der Waals surface area (Å²) in [5, 5.41) is 14.1. The Morgan fingerprint density at radius 3 is 2.33 bits per heavy atom. The molecule has 10 heteroatoms. The molecular formula is C20H25ClN6O2S. The SMILES string of the molecule is CC(C)(C)OC=O.CNc1ccc(Sc2nc(Cl)cc(Nc3cc(C)[nH]n3)n2)cc1. The van der Waals surface area contributed by atoms with Crippen LogP contribution in [0.3, 0.4) is 0 Å². The van der Waals surface area contributed by atoms with Crippen LogP contribution in [0.5, 0.6) is 0 Å². The van der Waals surface area contributed by atoms with Crippen LogP contribution in [0.25, 0.3) is 0 Å². The van der Waals surface area contributed by atoms with E-state index in [0.29, 0.717) is 28.4 Å². The molecule has 0 aliphatic heterocycles. The van der Waals surface area contributed by atoms with Crippen LogP contribution in [0, 0.1) is 6.92 Å². The van der Waals surface area contributed by atoms with Gasteiger partial charge in [0.2, 0.25) is 0 Å². The number of aryl methyl sites for hydroxylation is 1. The highest BCUT2D eigenvalue weighted by Crippen LogP contribution is 2.28. The average molecular weight is 449 g/mol. The molecule has 2 aromatic heterocycles. The molecule has 0 saturated carbocycles. The van der Waals surface area contributed by atoms with Gasteiger partial charge in [-0.25, -0.2) is 9.97 Å². The second kappa shape index (κ2) is 10.8. The summed E-state index contributed by atoms with van der Waals surface area (Å²) in [6.07, 6.45) is 0. The van der Waals surface area contributed by atoms with Crippen molar-refractivity contribution >= 4 is 47.2 Å². The topological polar surface area (TPSA) is 105 Å². The molecule has 0 bridgehead atoms. The monoisotopic (exact) mass is 448 g/mol. The summed E-state index contributed by atoms with van der Waals surface area (Å²) < 4.78 is 4.55. The summed E-state index contributed by atoms with van der Waals surface area (Å²) in [6, 6.07) is 11.6. The molecule has 0 aliphatic carbocycles. The van der Waals surface area contributed by atoms with Crippen LogP contribution in [0.1, 0.15) is 26.5 Å². The average Bonchev–Trinajstić information content (AvgIpc) is 3.06. The van der Waals surface area contributed by atoms with Crippen molar-refractivity contribution in [3.63, 3.8) is 0 Å². The molecule has 0 spiro atoms. The molecule has 3 N–H and O–H groups in total. The van der Waals surface area contributed by atoms with Gasteiger partial charge in [-0.2, -0.15) is 5.10 Å². The van der Waals surface area contributed by atoms with Crippen molar-refractivity contribution in [3.05, 3.63) is 47.2 Å². The summed E-state index contributed by atoms with van der Waals surface area (Å²) >= 11 is 7.54. The lowest BCUT2D eigenvalue weighted by Crippen LogP contribution is -2.17. The fourth-order valence-corrected chi connectivity index (χ4v) is 3.06. The van der Waals surface area contributed by atoms with Gasteiger partial charge in [0.15, 0.2) is 11.0 Å². The van der Waals surface area contributed by atoms with Crippen molar-refractivity contribution in [2.75, 3.05) is 17.7 Å². The summed E-state index contributed by atoms with van der Waals surface area (Å²) in [5.41, 5.74) is 1.70. The highest BCUT2D eigenvalue weighted by molar-refractivity contribution is 7.99. The number of carbonyl (C=O) groups excluding carboxylic acids is 1. The second-order valence-electron chi connectivity index (χ2n) is 7.12. The van der Waals surface area contributed by atoms with Crippen molar-refractivity contribution in [1.29, 1.82) is 0 Å². The smallest absolute Gasteiger partial charge is 0.293 e. The number of anilines is 3.